The van der Waals surface area contributed by atoms with Gasteiger partial charge in [-0.05, 0) is 0 Å². The van der Waals surface area contributed by atoms with E-state index in [1.54, 1.807) is 0 Å². The third-order valence-corrected chi connectivity index (χ3v) is 0. The number of hydrogen-bond donors (Lipinski definition) is 0. The SMILES string of the molecule is [Cu].[Fe].[Mn].[SeH][Mo].[Zn]. The van der Waals surface area contributed by atoms with E-state index < -0.39 is 0 Å². The molecular weight excluding hydrogens is 415 g/mol. The van der Waals surface area contributed by atoms with E-state index in [2.05, 4.69) is 13.4 Å². The van der Waals surface area contributed by atoms with Gasteiger partial charge >= 0.3 is 31.1 Å². The van der Waals surface area contributed by atoms with Gasteiger partial charge in [-0.3, -0.25) is 0 Å². The van der Waals surface area contributed by atoms with Crippen LogP contribution in [0.4, 0.5) is 0 Å². The summed E-state index contributed by atoms with van der Waals surface area (Å²) in [6, 6.07) is 0. The second kappa shape index (κ2) is 39.9. The molecule has 0 aliphatic rings. The van der Waals surface area contributed by atoms with Crippen LogP contribution in [-0.4, -0.2) is 13.4 Å². The fourth-order valence-electron chi connectivity index (χ4n) is 0. The van der Waals surface area contributed by atoms with Crippen molar-refractivity contribution < 1.29 is 88.4 Å². The second-order valence-corrected chi connectivity index (χ2v) is 0. The minimum Gasteiger partial charge on any atom is 0 e. The Balaban J connectivity index is -0.000000000833. The summed E-state index contributed by atoms with van der Waals surface area (Å²) in [5.41, 5.74) is 0. The van der Waals surface area contributed by atoms with Crippen LogP contribution in [0, 0.1) is 0 Å². The molecule has 0 aromatic rings. The van der Waals surface area contributed by atoms with Gasteiger partial charge in [0.15, 0.2) is 0 Å². The van der Waals surface area contributed by atoms with E-state index in [9.17, 15) is 0 Å². The Bertz CT molecular complexity index is 15.5. The van der Waals surface area contributed by atoms with Gasteiger partial charge in [-0.1, -0.05) is 0 Å². The monoisotopic (exact) mass is 417 g/mol. The topological polar surface area (TPSA) is 0 Å². The first kappa shape index (κ1) is 34.3. The maximum atomic E-state index is 2.32. The van der Waals surface area contributed by atoms with Crippen molar-refractivity contribution in [2.45, 2.75) is 0 Å². The van der Waals surface area contributed by atoms with Crippen LogP contribution in [0.1, 0.15) is 0 Å². The first-order chi connectivity index (χ1) is 1.00. The van der Waals surface area contributed by atoms with Gasteiger partial charge in [-0.15, -0.1) is 0 Å². The van der Waals surface area contributed by atoms with E-state index in [4.69, 9.17) is 0 Å². The van der Waals surface area contributed by atoms with Gasteiger partial charge < -0.3 is 0 Å². The first-order valence-electron chi connectivity index (χ1n) is 0.183. The largest absolute Gasteiger partial charge is 0 e. The van der Waals surface area contributed by atoms with E-state index in [1.807, 2.05) is 17.7 Å². The van der Waals surface area contributed by atoms with Crippen LogP contribution in [0.2, 0.25) is 0 Å². The van der Waals surface area contributed by atoms with E-state index >= 15 is 0 Å². The summed E-state index contributed by atoms with van der Waals surface area (Å²) in [7, 11) is 0. The summed E-state index contributed by atoms with van der Waals surface area (Å²) in [6.45, 7) is 0. The third-order valence-electron chi connectivity index (χ3n) is 0. The van der Waals surface area contributed by atoms with Gasteiger partial charge in [0.25, 0.3) is 0 Å². The Morgan fingerprint density at radius 1 is 1.17 bits per heavy atom. The number of hydrogen-bond acceptors (Lipinski definition) is 0. The van der Waals surface area contributed by atoms with Crippen molar-refractivity contribution in [2.75, 3.05) is 0 Å². The first-order valence-corrected chi connectivity index (χ1v) is 5.61. The van der Waals surface area contributed by atoms with E-state index in [0.717, 1.165) is 0 Å². The molecule has 0 saturated carbocycles. The molecule has 0 fully saturated rings. The van der Waals surface area contributed by atoms with Crippen molar-refractivity contribution in [3.63, 3.8) is 0 Å². The van der Waals surface area contributed by atoms with Crippen LogP contribution in [-0.2, 0) is 88.4 Å². The average molecular weight is 416 g/mol. The van der Waals surface area contributed by atoms with Gasteiger partial charge in [0, 0.05) is 70.7 Å². The van der Waals surface area contributed by atoms with Crippen molar-refractivity contribution in [2.24, 2.45) is 0 Å². The van der Waals surface area contributed by atoms with Crippen LogP contribution < -0.4 is 0 Å². The molecule has 0 unspecified atom stereocenters. The molecule has 0 aromatic heterocycles. The standard InChI is InChI=1S/Cu.Fe.Mn.Mo.H2Se.Zn/h;;;;1H2;/q;;;+1;;/p-1. The van der Waals surface area contributed by atoms with Crippen LogP contribution in [0.5, 0.6) is 0 Å². The maximum absolute atomic E-state index is 2.32. The molecule has 2 radical (unpaired) electrons. The van der Waals surface area contributed by atoms with Gasteiger partial charge in [0.2, 0.25) is 0 Å². The predicted molar refractivity (Wildman–Crippen MR) is 7.15 cm³/mol. The van der Waals surface area contributed by atoms with Gasteiger partial charge in [0.1, 0.15) is 0 Å². The van der Waals surface area contributed by atoms with Crippen molar-refractivity contribution >= 4 is 13.4 Å². The summed E-state index contributed by atoms with van der Waals surface area (Å²) in [4.78, 5) is 0. The van der Waals surface area contributed by atoms with Gasteiger partial charge in [0.05, 0.1) is 0 Å². The molecule has 0 rings (SSSR count). The van der Waals surface area contributed by atoms with Crippen molar-refractivity contribution in [3.8, 4) is 0 Å². The molecule has 0 aromatic carbocycles. The predicted octanol–water partition coefficient (Wildman–Crippen LogP) is -0.661. The number of rotatable bonds is 0. The van der Waals surface area contributed by atoms with Crippen LogP contribution >= 0.6 is 0 Å². The van der Waals surface area contributed by atoms with E-state index in [0.29, 0.717) is 0 Å². The molecule has 41 valence electrons. The minimum atomic E-state index is 0. The smallest absolute Gasteiger partial charge is 0 e. The molecule has 0 heterocycles. The molecule has 0 N–H and O–H groups in total. The Hall–Kier alpha value is 3.39. The molecule has 0 saturated heterocycles. The summed E-state index contributed by atoms with van der Waals surface area (Å²) in [5, 5.41) is 0. The molecule has 0 bridgehead atoms. The maximum Gasteiger partial charge on any atom is 0 e. The summed E-state index contributed by atoms with van der Waals surface area (Å²) in [6.07, 6.45) is 0. The second-order valence-electron chi connectivity index (χ2n) is 0. The van der Waals surface area contributed by atoms with Gasteiger partial charge in [-0.25, -0.2) is 0 Å². The van der Waals surface area contributed by atoms with Crippen molar-refractivity contribution in [1.29, 1.82) is 0 Å². The molecular formula is HCuFeMnMoSeZn. The summed E-state index contributed by atoms with van der Waals surface area (Å²) < 4.78 is 0. The molecule has 6 heteroatoms. The Morgan fingerprint density at radius 3 is 1.17 bits per heavy atom. The summed E-state index contributed by atoms with van der Waals surface area (Å²) in [5.74, 6) is 0. The van der Waals surface area contributed by atoms with Crippen LogP contribution in [0.25, 0.3) is 0 Å². The summed E-state index contributed by atoms with van der Waals surface area (Å²) >= 11 is 4.21. The fourth-order valence-corrected chi connectivity index (χ4v) is 0. The van der Waals surface area contributed by atoms with Crippen molar-refractivity contribution in [3.05, 3.63) is 0 Å². The third kappa shape index (κ3) is 26.3. The molecule has 0 atom stereocenters. The fraction of sp³-hybridized carbons (Fsp3) is 0. The van der Waals surface area contributed by atoms with Gasteiger partial charge in [-0.2, -0.15) is 0 Å². The van der Waals surface area contributed by atoms with Crippen LogP contribution in [0.15, 0.2) is 0 Å². The Kier molecular flexibility index (Phi) is 228. The molecule has 0 amide bonds. The molecule has 0 aliphatic heterocycles. The molecule has 6 heavy (non-hydrogen) atoms. The molecule has 0 aliphatic carbocycles. The van der Waals surface area contributed by atoms with E-state index in [1.165, 1.54) is 0 Å². The average Bonchev–Trinajstić information content (AvgIpc) is 1.00. The normalized spacial score (nSPS) is 0.833. The van der Waals surface area contributed by atoms with E-state index in [-0.39, 0.29) is 70.7 Å². The zero-order valence-electron chi connectivity index (χ0n) is 2.60. The van der Waals surface area contributed by atoms with Crippen molar-refractivity contribution in [1.82, 2.24) is 0 Å². The Labute approximate surface area is 100.0 Å². The molecule has 0 nitrogen and oxygen atoms in total. The Morgan fingerprint density at radius 2 is 1.17 bits per heavy atom. The zero-order valence-corrected chi connectivity index (χ0v) is 12.7. The minimum absolute atomic E-state index is 0. The zero-order chi connectivity index (χ0) is 2.00. The quantitative estimate of drug-likeness (QED) is 0.461. The van der Waals surface area contributed by atoms with Crippen LogP contribution in [0.3, 0.4) is 0 Å². The molecule has 0 spiro atoms.